The summed E-state index contributed by atoms with van der Waals surface area (Å²) >= 11 is 1.49. The van der Waals surface area contributed by atoms with Gasteiger partial charge in [0.05, 0.1) is 11.6 Å². The molecule has 0 saturated carbocycles. The lowest BCUT2D eigenvalue weighted by Crippen LogP contribution is -2.33. The van der Waals surface area contributed by atoms with Gasteiger partial charge >= 0.3 is 0 Å². The smallest absolute Gasteiger partial charge is 0.295 e. The van der Waals surface area contributed by atoms with E-state index in [0.717, 1.165) is 48.7 Å². The summed E-state index contributed by atoms with van der Waals surface area (Å²) in [6.07, 6.45) is 1.61. The van der Waals surface area contributed by atoms with Crippen molar-refractivity contribution in [2.24, 2.45) is 0 Å². The molecule has 1 N–H and O–H groups in total. The number of ketones is 1. The van der Waals surface area contributed by atoms with Crippen molar-refractivity contribution in [3.05, 3.63) is 57.3 Å². The average Bonchev–Trinajstić information content (AvgIpc) is 3.49. The minimum atomic E-state index is -0.617. The third kappa shape index (κ3) is 4.19. The van der Waals surface area contributed by atoms with Gasteiger partial charge in [-0.25, -0.2) is 0 Å². The number of benzene rings is 1. The zero-order chi connectivity index (χ0) is 22.8. The first-order valence-electron chi connectivity index (χ1n) is 11.3. The van der Waals surface area contributed by atoms with E-state index < -0.39 is 17.7 Å². The van der Waals surface area contributed by atoms with E-state index in [-0.39, 0.29) is 17.4 Å². The average molecular weight is 455 g/mol. The van der Waals surface area contributed by atoms with Crippen LogP contribution < -0.4 is 4.74 Å². The van der Waals surface area contributed by atoms with Crippen LogP contribution in [0, 0.1) is 0 Å². The molecule has 1 saturated heterocycles. The zero-order valence-electron chi connectivity index (χ0n) is 18.8. The van der Waals surface area contributed by atoms with Gasteiger partial charge in [0, 0.05) is 23.4 Å². The molecular weight excluding hydrogens is 424 g/mol. The first kappa shape index (κ1) is 22.6. The number of ether oxygens (including phenoxy) is 1. The number of aliphatic hydroxyl groups excluding tert-OH is 1. The van der Waals surface area contributed by atoms with E-state index in [1.165, 1.54) is 11.3 Å². The summed E-state index contributed by atoms with van der Waals surface area (Å²) in [5, 5.41) is 13.1. The van der Waals surface area contributed by atoms with Gasteiger partial charge in [-0.15, -0.1) is 11.3 Å². The molecule has 2 aromatic rings. The number of thiophene rings is 1. The van der Waals surface area contributed by atoms with Crippen LogP contribution in [0.5, 0.6) is 5.75 Å². The van der Waals surface area contributed by atoms with Crippen LogP contribution in [0.4, 0.5) is 0 Å². The second-order valence-electron chi connectivity index (χ2n) is 8.34. The second-order valence-corrected chi connectivity index (χ2v) is 9.32. The van der Waals surface area contributed by atoms with Crippen LogP contribution >= 0.6 is 11.3 Å². The summed E-state index contributed by atoms with van der Waals surface area (Å²) in [5.41, 5.74) is 1.72. The third-order valence-corrected chi connectivity index (χ3v) is 7.21. The quantitative estimate of drug-likeness (QED) is 0.367. The molecule has 1 fully saturated rings. The monoisotopic (exact) mass is 454 g/mol. The largest absolute Gasteiger partial charge is 0.507 e. The second kappa shape index (κ2) is 9.46. The Morgan fingerprint density at radius 1 is 1.25 bits per heavy atom. The standard InChI is InChI=1S/C25H30N2O4S/c1-4-26(5-2)11-7-12-27-22(20-8-6-13-32-20)21(24(29)25(27)30)23(28)17-9-10-19-18(15-17)14-16(3)31-19/h6,8-10,13,15-16,22,28H,4-5,7,11-12,14H2,1-3H3/b23-21-. The van der Waals surface area contributed by atoms with E-state index in [0.29, 0.717) is 12.1 Å². The molecule has 1 amide bonds. The Morgan fingerprint density at radius 3 is 2.72 bits per heavy atom. The van der Waals surface area contributed by atoms with E-state index >= 15 is 0 Å². The number of carbonyl (C=O) groups excluding carboxylic acids is 2. The number of likely N-dealkylation sites (tertiary alicyclic amines) is 1. The molecule has 1 aromatic heterocycles. The highest BCUT2D eigenvalue weighted by Gasteiger charge is 2.46. The molecule has 4 rings (SSSR count). The van der Waals surface area contributed by atoms with Gasteiger partial charge in [0.15, 0.2) is 0 Å². The van der Waals surface area contributed by atoms with Gasteiger partial charge in [0.2, 0.25) is 0 Å². The Balaban J connectivity index is 1.68. The first-order valence-corrected chi connectivity index (χ1v) is 12.2. The zero-order valence-corrected chi connectivity index (χ0v) is 19.7. The maximum atomic E-state index is 13.1. The van der Waals surface area contributed by atoms with Crippen molar-refractivity contribution >= 4 is 28.8 Å². The first-order chi connectivity index (χ1) is 15.4. The summed E-state index contributed by atoms with van der Waals surface area (Å²) in [6, 6.07) is 8.72. The fourth-order valence-electron chi connectivity index (χ4n) is 4.58. The molecule has 0 bridgehead atoms. The Bertz CT molecular complexity index is 1030. The molecule has 2 atom stereocenters. The van der Waals surface area contributed by atoms with Crippen molar-refractivity contribution < 1.29 is 19.4 Å². The van der Waals surface area contributed by atoms with Gasteiger partial charge < -0.3 is 19.6 Å². The Labute approximate surface area is 193 Å². The number of hydrogen-bond acceptors (Lipinski definition) is 6. The highest BCUT2D eigenvalue weighted by Crippen LogP contribution is 2.42. The van der Waals surface area contributed by atoms with Crippen molar-refractivity contribution in [3.63, 3.8) is 0 Å². The fraction of sp³-hybridized carbons (Fsp3) is 0.440. The third-order valence-electron chi connectivity index (χ3n) is 6.29. The van der Waals surface area contributed by atoms with Crippen molar-refractivity contribution in [1.29, 1.82) is 0 Å². The van der Waals surface area contributed by atoms with Crippen LogP contribution in [-0.4, -0.2) is 58.9 Å². The number of hydrogen-bond donors (Lipinski definition) is 1. The van der Waals surface area contributed by atoms with Crippen molar-refractivity contribution in [1.82, 2.24) is 9.80 Å². The Morgan fingerprint density at radius 2 is 2.03 bits per heavy atom. The SMILES string of the molecule is CCN(CC)CCCN1C(=O)C(=O)/C(=C(\O)c2ccc3c(c2)CC(C)O3)C1c1cccs1. The van der Waals surface area contributed by atoms with E-state index in [2.05, 4.69) is 18.7 Å². The number of nitrogens with zero attached hydrogens (tertiary/aromatic N) is 2. The Hall–Kier alpha value is -2.64. The van der Waals surface area contributed by atoms with Crippen LogP contribution in [0.1, 0.15) is 49.2 Å². The van der Waals surface area contributed by atoms with Crippen molar-refractivity contribution in [3.8, 4) is 5.75 Å². The number of fused-ring (bicyclic) bond motifs is 1. The number of carbonyl (C=O) groups is 2. The predicted octanol–water partition coefficient (Wildman–Crippen LogP) is 4.23. The summed E-state index contributed by atoms with van der Waals surface area (Å²) in [5.74, 6) is -0.465. The normalized spacial score (nSPS) is 21.9. The molecule has 2 aliphatic heterocycles. The summed E-state index contributed by atoms with van der Waals surface area (Å²) in [4.78, 5) is 30.9. The van der Waals surface area contributed by atoms with Gasteiger partial charge in [0.25, 0.3) is 11.7 Å². The minimum absolute atomic E-state index is 0.0879. The lowest BCUT2D eigenvalue weighted by atomic mass is 9.98. The van der Waals surface area contributed by atoms with Crippen LogP contribution in [-0.2, 0) is 16.0 Å². The van der Waals surface area contributed by atoms with Crippen LogP contribution in [0.2, 0.25) is 0 Å². The number of Topliss-reactive ketones (excluding diaryl/α,β-unsaturated/α-hetero) is 1. The van der Waals surface area contributed by atoms with Crippen LogP contribution in [0.3, 0.4) is 0 Å². The minimum Gasteiger partial charge on any atom is -0.507 e. The molecule has 7 heteroatoms. The lowest BCUT2D eigenvalue weighted by molar-refractivity contribution is -0.139. The molecule has 2 aliphatic rings. The molecule has 0 spiro atoms. The molecule has 0 aliphatic carbocycles. The van der Waals surface area contributed by atoms with Gasteiger partial charge in [-0.3, -0.25) is 9.59 Å². The van der Waals surface area contributed by atoms with Gasteiger partial charge in [0.1, 0.15) is 17.6 Å². The van der Waals surface area contributed by atoms with E-state index in [9.17, 15) is 14.7 Å². The fourth-order valence-corrected chi connectivity index (χ4v) is 5.43. The highest BCUT2D eigenvalue weighted by molar-refractivity contribution is 7.10. The van der Waals surface area contributed by atoms with Gasteiger partial charge in [-0.2, -0.15) is 0 Å². The number of rotatable bonds is 8. The molecule has 0 radical (unpaired) electrons. The van der Waals surface area contributed by atoms with Crippen LogP contribution in [0.25, 0.3) is 5.76 Å². The van der Waals surface area contributed by atoms with Crippen LogP contribution in [0.15, 0.2) is 41.3 Å². The van der Waals surface area contributed by atoms with E-state index in [1.807, 2.05) is 36.6 Å². The molecule has 32 heavy (non-hydrogen) atoms. The molecular formula is C25H30N2O4S. The summed E-state index contributed by atoms with van der Waals surface area (Å²) < 4.78 is 5.75. The van der Waals surface area contributed by atoms with E-state index in [1.54, 1.807) is 11.0 Å². The summed E-state index contributed by atoms with van der Waals surface area (Å²) in [6.45, 7) is 9.45. The Kier molecular flexibility index (Phi) is 6.67. The summed E-state index contributed by atoms with van der Waals surface area (Å²) in [7, 11) is 0. The van der Waals surface area contributed by atoms with Crippen molar-refractivity contribution in [2.45, 2.75) is 45.8 Å². The highest BCUT2D eigenvalue weighted by atomic mass is 32.1. The topological polar surface area (TPSA) is 70.1 Å². The number of aliphatic hydroxyl groups is 1. The molecule has 6 nitrogen and oxygen atoms in total. The van der Waals surface area contributed by atoms with Gasteiger partial charge in [-0.1, -0.05) is 19.9 Å². The molecule has 170 valence electrons. The molecule has 1 aromatic carbocycles. The predicted molar refractivity (Wildman–Crippen MR) is 126 cm³/mol. The maximum absolute atomic E-state index is 13.1. The number of amides is 1. The van der Waals surface area contributed by atoms with Gasteiger partial charge in [-0.05, 0) is 68.2 Å². The molecule has 3 heterocycles. The lowest BCUT2D eigenvalue weighted by Gasteiger charge is -2.25. The van der Waals surface area contributed by atoms with E-state index in [4.69, 9.17) is 4.74 Å². The van der Waals surface area contributed by atoms with Crippen molar-refractivity contribution in [2.75, 3.05) is 26.2 Å². The maximum Gasteiger partial charge on any atom is 0.295 e. The molecule has 2 unspecified atom stereocenters.